The van der Waals surface area contributed by atoms with Crippen LogP contribution in [0.1, 0.15) is 21.3 Å². The highest BCUT2D eigenvalue weighted by molar-refractivity contribution is 7.17. The summed E-state index contributed by atoms with van der Waals surface area (Å²) in [4.78, 5) is 16.2. The molecule has 0 unspecified atom stereocenters. The van der Waals surface area contributed by atoms with Crippen LogP contribution in [-0.2, 0) is 6.54 Å². The smallest absolute Gasteiger partial charge is 0.285 e. The zero-order chi connectivity index (χ0) is 15.4. The van der Waals surface area contributed by atoms with E-state index >= 15 is 0 Å². The van der Waals surface area contributed by atoms with E-state index in [0.29, 0.717) is 18.1 Å². The van der Waals surface area contributed by atoms with Crippen molar-refractivity contribution in [1.82, 2.24) is 20.0 Å². The van der Waals surface area contributed by atoms with Crippen LogP contribution in [-0.4, -0.2) is 53.1 Å². The molecule has 0 spiro atoms. The minimum atomic E-state index is -0.185. The minimum Gasteiger partial charge on any atom is -0.464 e. The molecule has 6 nitrogen and oxygen atoms in total. The third-order valence-corrected chi connectivity index (χ3v) is 3.84. The molecule has 0 aromatic carbocycles. The summed E-state index contributed by atoms with van der Waals surface area (Å²) in [5.74, 6) is 1.38. The number of amides is 1. The molecule has 0 atom stereocenters. The van der Waals surface area contributed by atoms with Crippen LogP contribution in [0.25, 0.3) is 0 Å². The molecule has 1 amide bonds. The summed E-state index contributed by atoms with van der Waals surface area (Å²) < 4.78 is 5.81. The normalized spacial score (nSPS) is 11.1. The van der Waals surface area contributed by atoms with Gasteiger partial charge in [-0.3, -0.25) is 4.79 Å². The van der Waals surface area contributed by atoms with Crippen LogP contribution in [0.2, 0.25) is 4.47 Å². The second-order valence-corrected chi connectivity index (χ2v) is 6.46. The zero-order valence-electron chi connectivity index (χ0n) is 12.2. The van der Waals surface area contributed by atoms with Crippen molar-refractivity contribution in [2.75, 3.05) is 27.2 Å². The lowest BCUT2D eigenvalue weighted by molar-refractivity contribution is 0.0718. The van der Waals surface area contributed by atoms with E-state index in [1.807, 2.05) is 38.1 Å². The molecule has 2 aromatic heterocycles. The third-order valence-electron chi connectivity index (χ3n) is 2.83. The van der Waals surface area contributed by atoms with Crippen molar-refractivity contribution in [3.63, 3.8) is 0 Å². The van der Waals surface area contributed by atoms with E-state index < -0.39 is 0 Å². The Balaban J connectivity index is 2.12. The lowest BCUT2D eigenvalue weighted by Crippen LogP contribution is -2.36. The fourth-order valence-corrected chi connectivity index (χ4v) is 2.55. The predicted octanol–water partition coefficient (Wildman–Crippen LogP) is 2.30. The molecule has 0 radical (unpaired) electrons. The summed E-state index contributed by atoms with van der Waals surface area (Å²) in [6, 6.07) is 3.75. The Labute approximate surface area is 132 Å². The topological polar surface area (TPSA) is 62.5 Å². The van der Waals surface area contributed by atoms with E-state index in [9.17, 15) is 4.79 Å². The number of halogens is 1. The summed E-state index contributed by atoms with van der Waals surface area (Å²) in [6.07, 6.45) is 0. The molecule has 0 saturated carbocycles. The third kappa shape index (κ3) is 4.52. The van der Waals surface area contributed by atoms with E-state index in [0.717, 1.165) is 29.4 Å². The van der Waals surface area contributed by atoms with Crippen molar-refractivity contribution in [3.8, 4) is 0 Å². The van der Waals surface area contributed by atoms with Crippen molar-refractivity contribution in [3.05, 3.63) is 33.1 Å². The van der Waals surface area contributed by atoms with E-state index in [1.165, 1.54) is 0 Å². The van der Waals surface area contributed by atoms with Crippen molar-refractivity contribution < 1.29 is 9.21 Å². The lowest BCUT2D eigenvalue weighted by atomic mass is 10.3. The number of furan rings is 1. The van der Waals surface area contributed by atoms with Gasteiger partial charge in [-0.15, -0.1) is 10.2 Å². The highest BCUT2D eigenvalue weighted by atomic mass is 35.5. The van der Waals surface area contributed by atoms with Gasteiger partial charge in [-0.2, -0.15) is 0 Å². The molecule has 2 aromatic rings. The molecule has 0 aliphatic carbocycles. The van der Waals surface area contributed by atoms with E-state index in [-0.39, 0.29) is 10.4 Å². The Hall–Kier alpha value is -1.44. The summed E-state index contributed by atoms with van der Waals surface area (Å²) in [7, 11) is 3.92. The zero-order valence-corrected chi connectivity index (χ0v) is 13.7. The molecule has 2 rings (SSSR count). The van der Waals surface area contributed by atoms with Gasteiger partial charge in [0.05, 0.1) is 6.54 Å². The molecule has 0 aliphatic rings. The molecule has 21 heavy (non-hydrogen) atoms. The lowest BCUT2D eigenvalue weighted by Gasteiger charge is -2.22. The minimum absolute atomic E-state index is 0.185. The molecule has 0 bridgehead atoms. The quantitative estimate of drug-likeness (QED) is 0.814. The summed E-state index contributed by atoms with van der Waals surface area (Å²) in [5, 5.41) is 7.78. The predicted molar refractivity (Wildman–Crippen MR) is 81.7 cm³/mol. The van der Waals surface area contributed by atoms with E-state index in [4.69, 9.17) is 16.0 Å². The molecule has 0 fully saturated rings. The number of rotatable bonds is 6. The molecule has 8 heteroatoms. The number of nitrogens with zero attached hydrogens (tertiary/aromatic N) is 4. The average Bonchev–Trinajstić information content (AvgIpc) is 3.02. The molecule has 2 heterocycles. The Morgan fingerprint density at radius 2 is 2.10 bits per heavy atom. The molecular formula is C13H17ClN4O2S. The van der Waals surface area contributed by atoms with Crippen LogP contribution < -0.4 is 0 Å². The van der Waals surface area contributed by atoms with Crippen LogP contribution >= 0.6 is 22.9 Å². The monoisotopic (exact) mass is 328 g/mol. The summed E-state index contributed by atoms with van der Waals surface area (Å²) >= 11 is 6.83. The first-order valence-electron chi connectivity index (χ1n) is 6.44. The van der Waals surface area contributed by atoms with Crippen LogP contribution in [0.15, 0.2) is 16.5 Å². The molecular weight excluding hydrogens is 312 g/mol. The fraction of sp³-hybridized carbons (Fsp3) is 0.462. The number of hydrogen-bond acceptors (Lipinski definition) is 6. The molecule has 114 valence electrons. The van der Waals surface area contributed by atoms with Crippen molar-refractivity contribution in [2.45, 2.75) is 13.5 Å². The largest absolute Gasteiger partial charge is 0.464 e. The van der Waals surface area contributed by atoms with Crippen molar-refractivity contribution >= 4 is 28.8 Å². The number of carbonyl (C=O) groups is 1. The van der Waals surface area contributed by atoms with Gasteiger partial charge in [0.25, 0.3) is 5.91 Å². The molecule has 0 N–H and O–H groups in total. The molecule has 0 saturated heterocycles. The van der Waals surface area contributed by atoms with Gasteiger partial charge in [0, 0.05) is 13.1 Å². The Kier molecular flexibility index (Phi) is 5.33. The first-order valence-corrected chi connectivity index (χ1v) is 7.63. The number of aromatic nitrogens is 2. The number of carbonyl (C=O) groups excluding carboxylic acids is 1. The number of hydrogen-bond donors (Lipinski definition) is 0. The fourth-order valence-electron chi connectivity index (χ4n) is 1.76. The highest BCUT2D eigenvalue weighted by Gasteiger charge is 2.21. The first kappa shape index (κ1) is 15.9. The first-order chi connectivity index (χ1) is 9.95. The van der Waals surface area contributed by atoms with Crippen LogP contribution in [0.4, 0.5) is 0 Å². The highest BCUT2D eigenvalue weighted by Crippen LogP contribution is 2.18. The van der Waals surface area contributed by atoms with Gasteiger partial charge >= 0.3 is 0 Å². The van der Waals surface area contributed by atoms with E-state index in [1.54, 1.807) is 4.90 Å². The van der Waals surface area contributed by atoms with Crippen LogP contribution in [0, 0.1) is 6.92 Å². The summed E-state index contributed by atoms with van der Waals surface area (Å²) in [5.41, 5.74) is 0. The summed E-state index contributed by atoms with van der Waals surface area (Å²) in [6.45, 7) is 3.60. The Morgan fingerprint density at radius 1 is 1.33 bits per heavy atom. The maximum atomic E-state index is 12.5. The van der Waals surface area contributed by atoms with Crippen LogP contribution in [0.3, 0.4) is 0 Å². The SMILES string of the molecule is Cc1ccc(CN(CCN(C)C)C(=O)c2nnc(Cl)s2)o1. The second-order valence-electron chi connectivity index (χ2n) is 4.90. The number of aryl methyl sites for hydroxylation is 1. The van der Waals surface area contributed by atoms with Crippen LogP contribution in [0.5, 0.6) is 0 Å². The maximum absolute atomic E-state index is 12.5. The van der Waals surface area contributed by atoms with E-state index in [2.05, 4.69) is 10.2 Å². The average molecular weight is 329 g/mol. The van der Waals surface area contributed by atoms with Gasteiger partial charge in [0.15, 0.2) is 0 Å². The van der Waals surface area contributed by atoms with Gasteiger partial charge in [-0.25, -0.2) is 0 Å². The Morgan fingerprint density at radius 3 is 2.62 bits per heavy atom. The van der Waals surface area contributed by atoms with Gasteiger partial charge in [-0.1, -0.05) is 11.3 Å². The second kappa shape index (κ2) is 7.02. The van der Waals surface area contributed by atoms with Gasteiger partial charge in [0.1, 0.15) is 11.5 Å². The van der Waals surface area contributed by atoms with Crippen molar-refractivity contribution in [1.29, 1.82) is 0 Å². The standard InChI is InChI=1S/C13H17ClN4O2S/c1-9-4-5-10(20-9)8-18(7-6-17(2)3)12(19)11-15-16-13(14)21-11/h4-5H,6-8H2,1-3H3. The van der Waals surface area contributed by atoms with Gasteiger partial charge in [0.2, 0.25) is 9.47 Å². The maximum Gasteiger partial charge on any atom is 0.285 e. The van der Waals surface area contributed by atoms with Crippen molar-refractivity contribution in [2.24, 2.45) is 0 Å². The number of likely N-dealkylation sites (N-methyl/N-ethyl adjacent to an activating group) is 1. The molecule has 0 aliphatic heterocycles. The van der Waals surface area contributed by atoms with Gasteiger partial charge in [-0.05, 0) is 44.8 Å². The van der Waals surface area contributed by atoms with Gasteiger partial charge < -0.3 is 14.2 Å². The Bertz CT molecular complexity index is 611.